The zero-order valence-electron chi connectivity index (χ0n) is 19.2. The van der Waals surface area contributed by atoms with E-state index in [4.69, 9.17) is 0 Å². The smallest absolute Gasteiger partial charge is 0.257 e. The third kappa shape index (κ3) is 3.25. The first kappa shape index (κ1) is 20.6. The lowest BCUT2D eigenvalue weighted by molar-refractivity contribution is -0.122. The minimum Gasteiger partial charge on any atom is -0.351 e. The number of aryl methyl sites for hydroxylation is 1. The van der Waals surface area contributed by atoms with Crippen LogP contribution >= 0.6 is 0 Å². The fourth-order valence-electron chi connectivity index (χ4n) is 5.24. The van der Waals surface area contributed by atoms with Crippen LogP contribution in [0.4, 0.5) is 5.69 Å². The van der Waals surface area contributed by atoms with E-state index in [1.807, 2.05) is 56.0 Å². The van der Waals surface area contributed by atoms with Crippen molar-refractivity contribution in [1.29, 1.82) is 0 Å². The summed E-state index contributed by atoms with van der Waals surface area (Å²) < 4.78 is 2.27. The number of fused-ring (bicyclic) bond motifs is 6. The van der Waals surface area contributed by atoms with Crippen molar-refractivity contribution in [3.8, 4) is 0 Å². The highest BCUT2D eigenvalue weighted by atomic mass is 16.2. The Morgan fingerprint density at radius 2 is 1.81 bits per heavy atom. The van der Waals surface area contributed by atoms with Crippen molar-refractivity contribution in [3.05, 3.63) is 65.4 Å². The largest absolute Gasteiger partial charge is 0.351 e. The Balaban J connectivity index is 1.61. The summed E-state index contributed by atoms with van der Waals surface area (Å²) in [6.07, 6.45) is 1.03. The monoisotopic (exact) mass is 430 g/mol. The lowest BCUT2D eigenvalue weighted by Crippen LogP contribution is -2.51. The van der Waals surface area contributed by atoms with Crippen LogP contribution in [0, 0.1) is 0 Å². The van der Waals surface area contributed by atoms with Crippen LogP contribution in [0.3, 0.4) is 0 Å². The van der Waals surface area contributed by atoms with Crippen molar-refractivity contribution in [2.45, 2.75) is 51.9 Å². The summed E-state index contributed by atoms with van der Waals surface area (Å²) in [4.78, 5) is 30.2. The molecule has 0 spiro atoms. The fourth-order valence-corrected chi connectivity index (χ4v) is 5.24. The highest BCUT2D eigenvalue weighted by Gasteiger charge is 2.42. The van der Waals surface area contributed by atoms with Gasteiger partial charge in [0, 0.05) is 43.0 Å². The summed E-state index contributed by atoms with van der Waals surface area (Å²) in [5, 5.41) is 4.29. The first-order chi connectivity index (χ1) is 15.3. The molecule has 5 rings (SSSR count). The van der Waals surface area contributed by atoms with Gasteiger partial charge in [-0.1, -0.05) is 30.3 Å². The van der Waals surface area contributed by atoms with E-state index >= 15 is 0 Å². The maximum atomic E-state index is 13.4. The van der Waals surface area contributed by atoms with Gasteiger partial charge in [0.2, 0.25) is 5.91 Å². The Morgan fingerprint density at radius 3 is 2.59 bits per heavy atom. The van der Waals surface area contributed by atoms with E-state index in [1.54, 1.807) is 0 Å². The number of hydrogen-bond acceptors (Lipinski definition) is 3. The number of amides is 2. The van der Waals surface area contributed by atoms with Gasteiger partial charge in [0.25, 0.3) is 5.91 Å². The molecule has 3 heterocycles. The molecule has 0 saturated carbocycles. The van der Waals surface area contributed by atoms with E-state index in [9.17, 15) is 9.59 Å². The summed E-state index contributed by atoms with van der Waals surface area (Å²) in [6.45, 7) is 7.25. The molecule has 2 aromatic carbocycles. The highest BCUT2D eigenvalue weighted by molar-refractivity contribution is 6.02. The van der Waals surface area contributed by atoms with E-state index in [2.05, 4.69) is 40.0 Å². The number of anilines is 1. The van der Waals surface area contributed by atoms with E-state index in [0.29, 0.717) is 19.5 Å². The number of carbonyl (C=O) groups is 2. The number of nitrogens with zero attached hydrogens (tertiary/aromatic N) is 3. The molecule has 1 aromatic heterocycles. The molecule has 6 heteroatoms. The van der Waals surface area contributed by atoms with Gasteiger partial charge >= 0.3 is 0 Å². The fraction of sp³-hybridized carbons (Fsp3) is 0.385. The molecule has 0 bridgehead atoms. The van der Waals surface area contributed by atoms with Crippen molar-refractivity contribution in [1.82, 2.24) is 14.8 Å². The zero-order chi connectivity index (χ0) is 22.6. The first-order valence-electron chi connectivity index (χ1n) is 11.3. The molecule has 1 N–H and O–H groups in total. The number of para-hydroxylation sites is 2. The quantitative estimate of drug-likeness (QED) is 0.681. The molecule has 2 aliphatic heterocycles. The minimum atomic E-state index is -0.258. The third-order valence-electron chi connectivity index (χ3n) is 6.48. The second kappa shape index (κ2) is 7.40. The Bertz CT molecular complexity index is 1220. The first-order valence-corrected chi connectivity index (χ1v) is 11.3. The maximum Gasteiger partial charge on any atom is 0.257 e. The minimum absolute atomic E-state index is 0.0371. The van der Waals surface area contributed by atoms with Crippen molar-refractivity contribution < 1.29 is 9.59 Å². The van der Waals surface area contributed by atoms with Crippen LogP contribution in [0.15, 0.2) is 48.5 Å². The summed E-state index contributed by atoms with van der Waals surface area (Å²) in [7, 11) is 2.06. The normalized spacial score (nSPS) is 17.8. The SMILES string of the molecule is CN1c2ccccc2C(=O)N2CCc3c(n(CCC(=O)NC(C)(C)C)c4ccccc34)[C@@H]21. The van der Waals surface area contributed by atoms with Crippen molar-refractivity contribution in [3.63, 3.8) is 0 Å². The average Bonchev–Trinajstić information content (AvgIpc) is 3.08. The van der Waals surface area contributed by atoms with E-state index in [1.165, 1.54) is 10.9 Å². The van der Waals surface area contributed by atoms with Crippen molar-refractivity contribution >= 4 is 28.4 Å². The second-order valence-corrected chi connectivity index (χ2v) is 9.83. The van der Waals surface area contributed by atoms with Gasteiger partial charge in [0.05, 0.1) is 16.9 Å². The van der Waals surface area contributed by atoms with Crippen LogP contribution < -0.4 is 10.2 Å². The van der Waals surface area contributed by atoms with Gasteiger partial charge in [-0.05, 0) is 51.0 Å². The Kier molecular flexibility index (Phi) is 4.77. The predicted molar refractivity (Wildman–Crippen MR) is 127 cm³/mol. The standard InChI is InChI=1S/C26H30N4O2/c1-26(2,3)27-22(31)14-16-29-21-12-8-5-9-17(21)18-13-15-30-24(23(18)29)28(4)20-11-7-6-10-19(20)25(30)32/h5-12,24H,13-16H2,1-4H3,(H,27,31)/t24-/m1/s1. The van der Waals surface area contributed by atoms with Crippen molar-refractivity contribution in [2.75, 3.05) is 18.5 Å². The van der Waals surface area contributed by atoms with Crippen LogP contribution in [-0.2, 0) is 17.8 Å². The van der Waals surface area contributed by atoms with Crippen LogP contribution in [0.1, 0.15) is 55.0 Å². The average molecular weight is 431 g/mol. The summed E-state index contributed by atoms with van der Waals surface area (Å²) in [6, 6.07) is 16.2. The molecule has 0 aliphatic carbocycles. The number of rotatable bonds is 3. The summed E-state index contributed by atoms with van der Waals surface area (Å²) in [5.74, 6) is 0.117. The molecular formula is C26H30N4O2. The Morgan fingerprint density at radius 1 is 1.09 bits per heavy atom. The molecule has 2 aliphatic rings. The number of nitrogens with one attached hydrogen (secondary N) is 1. The third-order valence-corrected chi connectivity index (χ3v) is 6.48. The van der Waals surface area contributed by atoms with Gasteiger partial charge in [-0.25, -0.2) is 0 Å². The predicted octanol–water partition coefficient (Wildman–Crippen LogP) is 4.09. The van der Waals surface area contributed by atoms with E-state index < -0.39 is 0 Å². The van der Waals surface area contributed by atoms with E-state index in [0.717, 1.165) is 28.9 Å². The van der Waals surface area contributed by atoms with E-state index in [-0.39, 0.29) is 23.5 Å². The number of benzene rings is 2. The molecule has 0 saturated heterocycles. The number of aromatic nitrogens is 1. The molecular weight excluding hydrogens is 400 g/mol. The molecule has 0 unspecified atom stereocenters. The van der Waals surface area contributed by atoms with Gasteiger partial charge < -0.3 is 19.7 Å². The number of carbonyl (C=O) groups excluding carboxylic acids is 2. The molecule has 6 nitrogen and oxygen atoms in total. The van der Waals surface area contributed by atoms with Gasteiger partial charge in [0.15, 0.2) is 0 Å². The lowest BCUT2D eigenvalue weighted by atomic mass is 9.96. The molecule has 2 amide bonds. The molecule has 166 valence electrons. The molecule has 0 fully saturated rings. The van der Waals surface area contributed by atoms with Gasteiger partial charge in [-0.15, -0.1) is 0 Å². The lowest BCUT2D eigenvalue weighted by Gasteiger charge is -2.46. The summed E-state index contributed by atoms with van der Waals surface area (Å²) >= 11 is 0. The van der Waals surface area contributed by atoms with Crippen LogP contribution in [0.5, 0.6) is 0 Å². The van der Waals surface area contributed by atoms with Crippen LogP contribution in [-0.4, -0.2) is 40.4 Å². The Hall–Kier alpha value is -3.28. The molecule has 32 heavy (non-hydrogen) atoms. The topological polar surface area (TPSA) is 57.6 Å². The number of hydrogen-bond donors (Lipinski definition) is 1. The molecule has 1 atom stereocenters. The summed E-state index contributed by atoms with van der Waals surface area (Å²) in [5.41, 5.74) is 4.99. The Labute approximate surface area is 188 Å². The van der Waals surface area contributed by atoms with Crippen molar-refractivity contribution in [2.24, 2.45) is 0 Å². The van der Waals surface area contributed by atoms with Crippen LogP contribution in [0.2, 0.25) is 0 Å². The van der Waals surface area contributed by atoms with Gasteiger partial charge in [0.1, 0.15) is 6.17 Å². The highest BCUT2D eigenvalue weighted by Crippen LogP contribution is 2.44. The molecule has 3 aromatic rings. The van der Waals surface area contributed by atoms with Crippen LogP contribution in [0.25, 0.3) is 10.9 Å². The molecule has 0 radical (unpaired) electrons. The zero-order valence-corrected chi connectivity index (χ0v) is 19.2. The maximum absolute atomic E-state index is 13.4. The second-order valence-electron chi connectivity index (χ2n) is 9.83. The van der Waals surface area contributed by atoms with Gasteiger partial charge in [-0.3, -0.25) is 9.59 Å². The van der Waals surface area contributed by atoms with Gasteiger partial charge in [-0.2, -0.15) is 0 Å².